The lowest BCUT2D eigenvalue weighted by molar-refractivity contribution is 0.251. The summed E-state index contributed by atoms with van der Waals surface area (Å²) in [6.07, 6.45) is 2.66. The van der Waals surface area contributed by atoms with Crippen molar-refractivity contribution in [3.8, 4) is 0 Å². The van der Waals surface area contributed by atoms with E-state index < -0.39 is 0 Å². The molecular formula is C16H21N5O. The van der Waals surface area contributed by atoms with E-state index in [2.05, 4.69) is 27.5 Å². The number of carbonyl (C=O) groups is 1. The highest BCUT2D eigenvalue weighted by atomic mass is 16.2. The number of nitrogens with one attached hydrogen (secondary N) is 2. The molecule has 116 valence electrons. The van der Waals surface area contributed by atoms with Crippen LogP contribution in [0.4, 0.5) is 16.3 Å². The minimum absolute atomic E-state index is 0.275. The third-order valence-electron chi connectivity index (χ3n) is 3.18. The molecule has 0 unspecified atom stereocenters. The van der Waals surface area contributed by atoms with E-state index in [4.69, 9.17) is 0 Å². The number of nitrogens with zero attached hydrogens (tertiary/aromatic N) is 3. The van der Waals surface area contributed by atoms with Gasteiger partial charge in [-0.1, -0.05) is 19.1 Å². The van der Waals surface area contributed by atoms with Crippen molar-refractivity contribution >= 4 is 17.5 Å². The summed E-state index contributed by atoms with van der Waals surface area (Å²) in [5, 5.41) is 5.53. The molecule has 6 nitrogen and oxygen atoms in total. The lowest BCUT2D eigenvalue weighted by Crippen LogP contribution is -2.29. The van der Waals surface area contributed by atoms with Gasteiger partial charge < -0.3 is 15.5 Å². The Kier molecular flexibility index (Phi) is 5.30. The van der Waals surface area contributed by atoms with Gasteiger partial charge in [0.2, 0.25) is 0 Å². The summed E-state index contributed by atoms with van der Waals surface area (Å²) in [5.41, 5.74) is 2.00. The molecule has 0 aliphatic heterocycles. The second-order valence-electron chi connectivity index (χ2n) is 5.08. The third-order valence-corrected chi connectivity index (χ3v) is 3.18. The molecule has 0 saturated carbocycles. The number of aromatic nitrogens is 2. The maximum atomic E-state index is 11.9. The molecule has 0 aliphatic rings. The van der Waals surface area contributed by atoms with Gasteiger partial charge in [-0.05, 0) is 30.2 Å². The highest BCUT2D eigenvalue weighted by Gasteiger charge is 2.05. The van der Waals surface area contributed by atoms with E-state index in [0.717, 1.165) is 17.9 Å². The van der Waals surface area contributed by atoms with Crippen molar-refractivity contribution in [1.29, 1.82) is 0 Å². The first-order valence-corrected chi connectivity index (χ1v) is 7.21. The highest BCUT2D eigenvalue weighted by Crippen LogP contribution is 2.10. The number of carbonyl (C=O) groups excluding carboxylic acids is 1. The average molecular weight is 299 g/mol. The normalized spacial score (nSPS) is 10.1. The van der Waals surface area contributed by atoms with Crippen LogP contribution in [0, 0.1) is 0 Å². The molecule has 22 heavy (non-hydrogen) atoms. The first-order chi connectivity index (χ1) is 10.6. The lowest BCUT2D eigenvalue weighted by Gasteiger charge is -2.12. The molecule has 0 atom stereocenters. The van der Waals surface area contributed by atoms with Crippen molar-refractivity contribution in [2.45, 2.75) is 19.9 Å². The topological polar surface area (TPSA) is 70.2 Å². The molecule has 2 N–H and O–H groups in total. The van der Waals surface area contributed by atoms with Gasteiger partial charge in [0.25, 0.3) is 0 Å². The number of amides is 2. The molecule has 2 rings (SSSR count). The van der Waals surface area contributed by atoms with E-state index in [1.807, 2.05) is 49.3 Å². The zero-order valence-electron chi connectivity index (χ0n) is 13.1. The van der Waals surface area contributed by atoms with E-state index in [1.54, 1.807) is 6.20 Å². The molecular weight excluding hydrogens is 278 g/mol. The van der Waals surface area contributed by atoms with Crippen molar-refractivity contribution in [3.63, 3.8) is 0 Å². The summed E-state index contributed by atoms with van der Waals surface area (Å²) >= 11 is 0. The third kappa shape index (κ3) is 4.44. The molecule has 0 fully saturated rings. The van der Waals surface area contributed by atoms with Crippen molar-refractivity contribution in [1.82, 2.24) is 15.3 Å². The Balaban J connectivity index is 1.88. The number of rotatable bonds is 5. The molecule has 1 aromatic heterocycles. The number of hydrogen-bond donors (Lipinski definition) is 2. The fraction of sp³-hybridized carbons (Fsp3) is 0.312. The van der Waals surface area contributed by atoms with Gasteiger partial charge in [0, 0.05) is 26.0 Å². The molecule has 0 bridgehead atoms. The Bertz CT molecular complexity index is 625. The van der Waals surface area contributed by atoms with Crippen molar-refractivity contribution in [2.75, 3.05) is 24.3 Å². The summed E-state index contributed by atoms with van der Waals surface area (Å²) in [5.74, 6) is 1.38. The average Bonchev–Trinajstić information content (AvgIpc) is 2.54. The second-order valence-corrected chi connectivity index (χ2v) is 5.08. The fourth-order valence-electron chi connectivity index (χ4n) is 1.88. The quantitative estimate of drug-likeness (QED) is 0.889. The van der Waals surface area contributed by atoms with Gasteiger partial charge in [-0.25, -0.2) is 14.8 Å². The monoisotopic (exact) mass is 299 g/mol. The van der Waals surface area contributed by atoms with Crippen LogP contribution in [-0.2, 0) is 13.0 Å². The molecule has 0 spiro atoms. The van der Waals surface area contributed by atoms with E-state index >= 15 is 0 Å². The van der Waals surface area contributed by atoms with Gasteiger partial charge in [0.05, 0.1) is 6.54 Å². The summed E-state index contributed by atoms with van der Waals surface area (Å²) in [7, 11) is 3.82. The van der Waals surface area contributed by atoms with E-state index in [0.29, 0.717) is 5.82 Å². The first kappa shape index (κ1) is 15.8. The first-order valence-electron chi connectivity index (χ1n) is 7.21. The Labute approximate surface area is 130 Å². The molecule has 1 heterocycles. The molecule has 6 heteroatoms. The van der Waals surface area contributed by atoms with Crippen molar-refractivity contribution < 1.29 is 4.79 Å². The molecule has 0 radical (unpaired) electrons. The predicted octanol–water partition coefficient (Wildman–Crippen LogP) is 2.43. The number of anilines is 2. The van der Waals surface area contributed by atoms with Gasteiger partial charge >= 0.3 is 6.03 Å². The number of urea groups is 1. The van der Waals surface area contributed by atoms with Gasteiger partial charge in [0.15, 0.2) is 0 Å². The summed E-state index contributed by atoms with van der Waals surface area (Å²) in [4.78, 5) is 22.2. The number of aryl methyl sites for hydroxylation is 1. The Morgan fingerprint density at radius 2 is 1.91 bits per heavy atom. The van der Waals surface area contributed by atoms with Crippen LogP contribution in [0.1, 0.15) is 18.3 Å². The molecule has 2 amide bonds. The Morgan fingerprint density at radius 1 is 1.18 bits per heavy atom. The van der Waals surface area contributed by atoms with Crippen LogP contribution in [0.25, 0.3) is 0 Å². The highest BCUT2D eigenvalue weighted by molar-refractivity contribution is 5.89. The standard InChI is InChI=1S/C16H21N5O/c1-4-12-5-7-13(8-6-12)19-16(22)18-11-14-17-10-9-15(20-14)21(2)3/h5-10H,4,11H2,1-3H3,(H2,18,19,22). The van der Waals surface area contributed by atoms with Crippen molar-refractivity contribution in [3.05, 3.63) is 47.9 Å². The Hall–Kier alpha value is -2.63. The van der Waals surface area contributed by atoms with E-state index in [9.17, 15) is 4.79 Å². The van der Waals surface area contributed by atoms with Gasteiger partial charge in [-0.15, -0.1) is 0 Å². The zero-order valence-corrected chi connectivity index (χ0v) is 13.1. The van der Waals surface area contributed by atoms with Gasteiger partial charge in [-0.2, -0.15) is 0 Å². The number of hydrogen-bond acceptors (Lipinski definition) is 4. The largest absolute Gasteiger partial charge is 0.363 e. The maximum absolute atomic E-state index is 11.9. The smallest absolute Gasteiger partial charge is 0.319 e. The summed E-state index contributed by atoms with van der Waals surface area (Å²) in [6.45, 7) is 2.37. The predicted molar refractivity (Wildman–Crippen MR) is 88.0 cm³/mol. The molecule has 0 saturated heterocycles. The van der Waals surface area contributed by atoms with Crippen LogP contribution < -0.4 is 15.5 Å². The van der Waals surface area contributed by atoms with Crippen LogP contribution in [0.2, 0.25) is 0 Å². The van der Waals surface area contributed by atoms with Crippen LogP contribution in [0.5, 0.6) is 0 Å². The SMILES string of the molecule is CCc1ccc(NC(=O)NCc2nccc(N(C)C)n2)cc1. The van der Waals surface area contributed by atoms with E-state index in [1.165, 1.54) is 5.56 Å². The van der Waals surface area contributed by atoms with E-state index in [-0.39, 0.29) is 12.6 Å². The fourth-order valence-corrected chi connectivity index (χ4v) is 1.88. The van der Waals surface area contributed by atoms with Crippen LogP contribution >= 0.6 is 0 Å². The lowest BCUT2D eigenvalue weighted by atomic mass is 10.1. The number of benzene rings is 1. The van der Waals surface area contributed by atoms with Crippen molar-refractivity contribution in [2.24, 2.45) is 0 Å². The van der Waals surface area contributed by atoms with Gasteiger partial charge in [-0.3, -0.25) is 0 Å². The zero-order chi connectivity index (χ0) is 15.9. The van der Waals surface area contributed by atoms with Crippen LogP contribution in [-0.4, -0.2) is 30.1 Å². The molecule has 0 aliphatic carbocycles. The minimum Gasteiger partial charge on any atom is -0.363 e. The second kappa shape index (κ2) is 7.40. The van der Waals surface area contributed by atoms with Crippen LogP contribution in [0.15, 0.2) is 36.5 Å². The Morgan fingerprint density at radius 3 is 2.55 bits per heavy atom. The molecule has 2 aromatic rings. The minimum atomic E-state index is -0.275. The summed E-state index contributed by atoms with van der Waals surface area (Å²) in [6, 6.07) is 9.32. The summed E-state index contributed by atoms with van der Waals surface area (Å²) < 4.78 is 0. The maximum Gasteiger partial charge on any atom is 0.319 e. The van der Waals surface area contributed by atoms with Crippen LogP contribution in [0.3, 0.4) is 0 Å². The van der Waals surface area contributed by atoms with Gasteiger partial charge in [0.1, 0.15) is 11.6 Å². The molecule has 1 aromatic carbocycles.